The van der Waals surface area contributed by atoms with Crippen LogP contribution in [-0.4, -0.2) is 4.89 Å². The Bertz CT molecular complexity index is 717. The van der Waals surface area contributed by atoms with E-state index in [-0.39, 0.29) is 0 Å². The molecule has 3 aromatic carbocycles. The monoisotopic (exact) mass is 325 g/mol. The lowest BCUT2D eigenvalue weighted by Crippen LogP contribution is -2.21. The maximum Gasteiger partial charge on any atom is 0.546 e. The van der Waals surface area contributed by atoms with Crippen molar-refractivity contribution in [1.29, 1.82) is 0 Å². The minimum atomic E-state index is -2.28. The van der Waals surface area contributed by atoms with Gasteiger partial charge in [-0.25, -0.2) is 0 Å². The summed E-state index contributed by atoms with van der Waals surface area (Å²) >= 11 is 0. The first-order valence-corrected chi connectivity index (χ1v) is 9.47. The van der Waals surface area contributed by atoms with Crippen molar-refractivity contribution in [3.63, 3.8) is 0 Å². The van der Waals surface area contributed by atoms with Gasteiger partial charge in [-0.1, -0.05) is 60.7 Å². The zero-order chi connectivity index (χ0) is 15.4. The van der Waals surface area contributed by atoms with Crippen LogP contribution in [0.1, 0.15) is 0 Å². The molecule has 0 saturated carbocycles. The summed E-state index contributed by atoms with van der Waals surface area (Å²) in [6.45, 7) is 0. The first-order valence-electron chi connectivity index (χ1n) is 6.92. The molecule has 0 aliphatic rings. The van der Waals surface area contributed by atoms with E-state index < -0.39 is 15.9 Å². The Balaban J connectivity index is 2.08. The Morgan fingerprint density at radius 3 is 1.45 bits per heavy atom. The smallest absolute Gasteiger partial charge is 0.156 e. The van der Waals surface area contributed by atoms with Gasteiger partial charge in [0, 0.05) is 0 Å². The number of benzene rings is 3. The van der Waals surface area contributed by atoms with Crippen molar-refractivity contribution in [2.45, 2.75) is 0 Å². The molecule has 4 heteroatoms. The standard InChI is InChI=1S/C18H14O2P2/c19-22(20)18-13-11-17(12-14-18)21(15-7-3-1-4-8-15)16-9-5-2-6-10-16/h1-14H/p+1. The Morgan fingerprint density at radius 2 is 1.05 bits per heavy atom. The van der Waals surface area contributed by atoms with Crippen LogP contribution in [0.25, 0.3) is 0 Å². The third-order valence-corrected chi connectivity index (χ3v) is 6.54. The summed E-state index contributed by atoms with van der Waals surface area (Å²) < 4.78 is 11.2. The fraction of sp³-hybridized carbons (Fsp3) is 0. The van der Waals surface area contributed by atoms with Crippen LogP contribution >= 0.6 is 15.9 Å². The largest absolute Gasteiger partial charge is 0.546 e. The fourth-order valence-electron chi connectivity index (χ4n) is 2.33. The predicted molar refractivity (Wildman–Crippen MR) is 94.6 cm³/mol. The summed E-state index contributed by atoms with van der Waals surface area (Å²) in [4.78, 5) is 9.20. The summed E-state index contributed by atoms with van der Waals surface area (Å²) in [6, 6.07) is 28.2. The number of rotatable bonds is 4. The van der Waals surface area contributed by atoms with Crippen LogP contribution in [0.3, 0.4) is 0 Å². The average molecular weight is 325 g/mol. The van der Waals surface area contributed by atoms with E-state index in [0.29, 0.717) is 5.30 Å². The van der Waals surface area contributed by atoms with E-state index in [1.807, 2.05) is 48.5 Å². The molecule has 2 nitrogen and oxygen atoms in total. The first-order chi connectivity index (χ1) is 10.8. The SMILES string of the molecule is O=[P+](O)c1ccc(P(c2ccccc2)c2ccccc2)cc1. The maximum absolute atomic E-state index is 11.2. The van der Waals surface area contributed by atoms with Gasteiger partial charge in [0.15, 0.2) is 0 Å². The van der Waals surface area contributed by atoms with E-state index in [0.717, 1.165) is 0 Å². The van der Waals surface area contributed by atoms with Crippen molar-refractivity contribution in [2.75, 3.05) is 0 Å². The minimum absolute atomic E-state index is 0.467. The summed E-state index contributed by atoms with van der Waals surface area (Å²) in [5.41, 5.74) is 0. The van der Waals surface area contributed by atoms with Crippen molar-refractivity contribution in [2.24, 2.45) is 0 Å². The van der Waals surface area contributed by atoms with Crippen molar-refractivity contribution >= 4 is 37.2 Å². The number of hydrogen-bond donors (Lipinski definition) is 1. The zero-order valence-electron chi connectivity index (χ0n) is 11.8. The fourth-order valence-corrected chi connectivity index (χ4v) is 5.02. The highest BCUT2D eigenvalue weighted by molar-refractivity contribution is 7.79. The van der Waals surface area contributed by atoms with Crippen LogP contribution in [0.2, 0.25) is 0 Å². The predicted octanol–water partition coefficient (Wildman–Crippen LogP) is 2.80. The van der Waals surface area contributed by atoms with E-state index in [2.05, 4.69) is 24.3 Å². The van der Waals surface area contributed by atoms with Gasteiger partial charge in [-0.3, -0.25) is 0 Å². The van der Waals surface area contributed by atoms with Gasteiger partial charge >= 0.3 is 8.03 Å². The van der Waals surface area contributed by atoms with Crippen LogP contribution < -0.4 is 21.2 Å². The van der Waals surface area contributed by atoms with Gasteiger partial charge in [0.25, 0.3) is 0 Å². The summed E-state index contributed by atoms with van der Waals surface area (Å²) in [6.07, 6.45) is 0. The molecule has 3 rings (SSSR count). The maximum atomic E-state index is 11.2. The number of hydrogen-bond acceptors (Lipinski definition) is 1. The van der Waals surface area contributed by atoms with Gasteiger partial charge in [-0.15, -0.1) is 0 Å². The Kier molecular flexibility index (Phi) is 4.75. The molecule has 0 spiro atoms. The van der Waals surface area contributed by atoms with Crippen molar-refractivity contribution in [3.05, 3.63) is 84.9 Å². The van der Waals surface area contributed by atoms with Crippen LogP contribution in [0.15, 0.2) is 84.9 Å². The first kappa shape index (κ1) is 15.1. The van der Waals surface area contributed by atoms with E-state index >= 15 is 0 Å². The second-order valence-corrected chi connectivity index (χ2v) is 8.08. The van der Waals surface area contributed by atoms with Crippen molar-refractivity contribution in [1.82, 2.24) is 0 Å². The van der Waals surface area contributed by atoms with Crippen molar-refractivity contribution in [3.8, 4) is 0 Å². The summed E-state index contributed by atoms with van der Waals surface area (Å²) in [5.74, 6) is 0. The van der Waals surface area contributed by atoms with Gasteiger partial charge in [0.1, 0.15) is 0 Å². The summed E-state index contributed by atoms with van der Waals surface area (Å²) in [7, 11) is -2.93. The molecule has 0 radical (unpaired) electrons. The molecule has 0 bridgehead atoms. The molecule has 0 saturated heterocycles. The highest BCUT2D eigenvalue weighted by Crippen LogP contribution is 2.32. The van der Waals surface area contributed by atoms with Crippen molar-refractivity contribution < 1.29 is 9.46 Å². The quantitative estimate of drug-likeness (QED) is 0.749. The Labute approximate surface area is 132 Å². The van der Waals surface area contributed by atoms with E-state index in [1.165, 1.54) is 15.9 Å². The molecule has 0 heterocycles. The molecule has 1 unspecified atom stereocenters. The van der Waals surface area contributed by atoms with Gasteiger partial charge < -0.3 is 0 Å². The van der Waals surface area contributed by atoms with Crippen LogP contribution in [-0.2, 0) is 4.57 Å². The van der Waals surface area contributed by atoms with Gasteiger partial charge in [-0.2, -0.15) is 4.89 Å². The molecule has 0 aromatic heterocycles. The van der Waals surface area contributed by atoms with Crippen LogP contribution in [0.5, 0.6) is 0 Å². The minimum Gasteiger partial charge on any atom is -0.156 e. The molecule has 108 valence electrons. The van der Waals surface area contributed by atoms with Gasteiger partial charge in [0.2, 0.25) is 5.30 Å². The third kappa shape index (κ3) is 3.31. The van der Waals surface area contributed by atoms with E-state index in [9.17, 15) is 9.46 Å². The Morgan fingerprint density at radius 1 is 0.636 bits per heavy atom. The Hall–Kier alpha value is -1.85. The molecule has 0 amide bonds. The van der Waals surface area contributed by atoms with Crippen LogP contribution in [0, 0.1) is 0 Å². The molecule has 22 heavy (non-hydrogen) atoms. The second kappa shape index (κ2) is 6.94. The molecular weight excluding hydrogens is 310 g/mol. The second-order valence-electron chi connectivity index (χ2n) is 4.80. The van der Waals surface area contributed by atoms with E-state index in [4.69, 9.17) is 0 Å². The highest BCUT2D eigenvalue weighted by Gasteiger charge is 2.19. The molecule has 0 fully saturated rings. The third-order valence-electron chi connectivity index (χ3n) is 3.36. The van der Waals surface area contributed by atoms with Crippen LogP contribution in [0.4, 0.5) is 0 Å². The summed E-state index contributed by atoms with van der Waals surface area (Å²) in [5, 5.41) is 4.18. The van der Waals surface area contributed by atoms with E-state index in [1.54, 1.807) is 12.1 Å². The van der Waals surface area contributed by atoms with Gasteiger partial charge in [-0.05, 0) is 52.7 Å². The lowest BCUT2D eigenvalue weighted by Gasteiger charge is -2.18. The lowest BCUT2D eigenvalue weighted by molar-refractivity contribution is 0.513. The molecule has 1 atom stereocenters. The van der Waals surface area contributed by atoms with Gasteiger partial charge in [0.05, 0.1) is 0 Å². The molecule has 1 N–H and O–H groups in total. The normalized spacial score (nSPS) is 11.5. The zero-order valence-corrected chi connectivity index (χ0v) is 13.6. The molecular formula is C18H15O2P2+. The lowest BCUT2D eigenvalue weighted by atomic mass is 10.3. The molecule has 0 aliphatic heterocycles. The molecule has 3 aromatic rings. The highest BCUT2D eigenvalue weighted by atomic mass is 31.1. The topological polar surface area (TPSA) is 37.3 Å². The molecule has 0 aliphatic carbocycles. The average Bonchev–Trinajstić information content (AvgIpc) is 2.57.